The lowest BCUT2D eigenvalue weighted by Crippen LogP contribution is -2.35. The van der Waals surface area contributed by atoms with Gasteiger partial charge in [0.15, 0.2) is 12.7 Å². The van der Waals surface area contributed by atoms with Gasteiger partial charge in [0.25, 0.3) is 5.91 Å². The first-order valence-electron chi connectivity index (χ1n) is 5.98. The van der Waals surface area contributed by atoms with Crippen LogP contribution in [0, 0.1) is 11.3 Å². The zero-order valence-corrected chi connectivity index (χ0v) is 11.6. The number of nitrogens with zero attached hydrogens (tertiary/aromatic N) is 2. The summed E-state index contributed by atoms with van der Waals surface area (Å²) in [5, 5.41) is 8.87. The fraction of sp³-hybridized carbons (Fsp3) is 0.357. The van der Waals surface area contributed by atoms with Gasteiger partial charge in [-0.25, -0.2) is 4.79 Å². The van der Waals surface area contributed by atoms with Crippen LogP contribution in [0.4, 0.5) is 0 Å². The van der Waals surface area contributed by atoms with Crippen molar-refractivity contribution in [3.63, 3.8) is 0 Å². The molecule has 0 bridgehead atoms. The largest absolute Gasteiger partial charge is 0.481 e. The highest BCUT2D eigenvalue weighted by Crippen LogP contribution is 2.16. The fourth-order valence-electron chi connectivity index (χ4n) is 1.47. The van der Waals surface area contributed by atoms with Gasteiger partial charge in [-0.15, -0.1) is 0 Å². The number of hydrogen-bond acceptors (Lipinski definition) is 5. The van der Waals surface area contributed by atoms with Crippen molar-refractivity contribution in [2.24, 2.45) is 0 Å². The summed E-state index contributed by atoms with van der Waals surface area (Å²) in [6.07, 6.45) is -0.868. The maximum atomic E-state index is 11.6. The summed E-state index contributed by atoms with van der Waals surface area (Å²) in [7, 11) is 3.15. The first-order chi connectivity index (χ1) is 9.45. The second-order valence-corrected chi connectivity index (χ2v) is 4.26. The first-order valence-corrected chi connectivity index (χ1v) is 5.98. The summed E-state index contributed by atoms with van der Waals surface area (Å²) < 4.78 is 10.1. The van der Waals surface area contributed by atoms with Crippen molar-refractivity contribution in [1.29, 1.82) is 5.26 Å². The molecular formula is C14H16N2O4. The van der Waals surface area contributed by atoms with Gasteiger partial charge in [-0.2, -0.15) is 5.26 Å². The Balaban J connectivity index is 2.52. The lowest BCUT2D eigenvalue weighted by molar-refractivity contribution is -0.159. The van der Waals surface area contributed by atoms with Gasteiger partial charge in [-0.05, 0) is 19.1 Å². The Kier molecular flexibility index (Phi) is 5.54. The number of nitriles is 1. The molecule has 0 fully saturated rings. The molecule has 0 unspecified atom stereocenters. The zero-order valence-electron chi connectivity index (χ0n) is 11.6. The summed E-state index contributed by atoms with van der Waals surface area (Å²) in [6.45, 7) is 1.13. The monoisotopic (exact) mass is 276 g/mol. The summed E-state index contributed by atoms with van der Waals surface area (Å²) in [6, 6.07) is 8.51. The Morgan fingerprint density at radius 1 is 1.35 bits per heavy atom. The minimum Gasteiger partial charge on any atom is -0.481 e. The molecule has 1 atom stereocenters. The third-order valence-electron chi connectivity index (χ3n) is 2.45. The topological polar surface area (TPSA) is 79.6 Å². The minimum absolute atomic E-state index is 0.304. The van der Waals surface area contributed by atoms with Gasteiger partial charge in [0, 0.05) is 14.1 Å². The predicted octanol–water partition coefficient (Wildman–Crippen LogP) is 0.957. The van der Waals surface area contributed by atoms with Gasteiger partial charge >= 0.3 is 5.97 Å². The van der Waals surface area contributed by atoms with Gasteiger partial charge in [-0.1, -0.05) is 12.1 Å². The molecule has 6 nitrogen and oxygen atoms in total. The molecule has 106 valence electrons. The lowest BCUT2D eigenvalue weighted by Gasteiger charge is -2.17. The van der Waals surface area contributed by atoms with Crippen molar-refractivity contribution in [2.45, 2.75) is 13.0 Å². The van der Waals surface area contributed by atoms with E-state index in [1.807, 2.05) is 6.07 Å². The standard InChI is InChI=1S/C14H16N2O4/c1-10(14(18)16(2)3)20-13(17)9-19-12-7-5-4-6-11(12)8-15/h4-7,10H,9H2,1-3H3/t10-/m0/s1. The second kappa shape index (κ2) is 7.14. The van der Waals surface area contributed by atoms with Crippen molar-refractivity contribution in [3.05, 3.63) is 29.8 Å². The van der Waals surface area contributed by atoms with Crippen molar-refractivity contribution in [2.75, 3.05) is 20.7 Å². The lowest BCUT2D eigenvalue weighted by atomic mass is 10.2. The quantitative estimate of drug-likeness (QED) is 0.748. The molecule has 20 heavy (non-hydrogen) atoms. The number of ether oxygens (including phenoxy) is 2. The molecule has 1 aromatic rings. The van der Waals surface area contributed by atoms with E-state index >= 15 is 0 Å². The SMILES string of the molecule is C[C@H](OC(=O)COc1ccccc1C#N)C(=O)N(C)C. The molecule has 0 saturated heterocycles. The third-order valence-corrected chi connectivity index (χ3v) is 2.45. The number of amides is 1. The average Bonchev–Trinajstić information content (AvgIpc) is 2.44. The summed E-state index contributed by atoms with van der Waals surface area (Å²) in [5.41, 5.74) is 0.331. The van der Waals surface area contributed by atoms with Crippen molar-refractivity contribution >= 4 is 11.9 Å². The number of carbonyl (C=O) groups excluding carboxylic acids is 2. The van der Waals surface area contributed by atoms with Crippen LogP contribution in [0.1, 0.15) is 12.5 Å². The number of carbonyl (C=O) groups is 2. The number of likely N-dealkylation sites (N-methyl/N-ethyl adjacent to an activating group) is 1. The minimum atomic E-state index is -0.868. The highest BCUT2D eigenvalue weighted by molar-refractivity contribution is 5.83. The number of hydrogen-bond donors (Lipinski definition) is 0. The highest BCUT2D eigenvalue weighted by atomic mass is 16.6. The molecule has 0 aliphatic rings. The van der Waals surface area contributed by atoms with Gasteiger partial charge in [0.05, 0.1) is 5.56 Å². The van der Waals surface area contributed by atoms with Crippen LogP contribution >= 0.6 is 0 Å². The van der Waals surface area contributed by atoms with E-state index in [-0.39, 0.29) is 12.5 Å². The normalized spacial score (nSPS) is 11.1. The van der Waals surface area contributed by atoms with E-state index in [0.717, 1.165) is 0 Å². The van der Waals surface area contributed by atoms with Crippen molar-refractivity contribution in [3.8, 4) is 11.8 Å². The van der Waals surface area contributed by atoms with E-state index < -0.39 is 12.1 Å². The van der Waals surface area contributed by atoms with Crippen LogP contribution in [0.3, 0.4) is 0 Å². The number of benzene rings is 1. The van der Waals surface area contributed by atoms with Crippen molar-refractivity contribution < 1.29 is 19.1 Å². The molecule has 1 aromatic carbocycles. The van der Waals surface area contributed by atoms with Crippen LogP contribution in [-0.4, -0.2) is 43.6 Å². The molecule has 0 radical (unpaired) electrons. The summed E-state index contributed by atoms with van der Waals surface area (Å²) in [4.78, 5) is 24.4. The van der Waals surface area contributed by atoms with Crippen molar-refractivity contribution in [1.82, 2.24) is 4.90 Å². The van der Waals surface area contributed by atoms with E-state index in [9.17, 15) is 9.59 Å². The van der Waals surface area contributed by atoms with Gasteiger partial charge in [0.1, 0.15) is 11.8 Å². The van der Waals surface area contributed by atoms with Crippen LogP contribution in [0.2, 0.25) is 0 Å². The van der Waals surface area contributed by atoms with Crippen LogP contribution in [-0.2, 0) is 14.3 Å². The molecule has 0 aromatic heterocycles. The Labute approximate surface area is 117 Å². The number of esters is 1. The zero-order chi connectivity index (χ0) is 15.1. The van der Waals surface area contributed by atoms with Gasteiger partial charge in [-0.3, -0.25) is 4.79 Å². The maximum Gasteiger partial charge on any atom is 0.344 e. The molecule has 0 aliphatic carbocycles. The van der Waals surface area contributed by atoms with E-state index in [1.165, 1.54) is 11.8 Å². The smallest absolute Gasteiger partial charge is 0.344 e. The average molecular weight is 276 g/mol. The van der Waals surface area contributed by atoms with Gasteiger partial charge in [0.2, 0.25) is 0 Å². The number of rotatable bonds is 5. The Bertz CT molecular complexity index is 534. The first kappa shape index (κ1) is 15.5. The van der Waals surface area contributed by atoms with E-state index in [4.69, 9.17) is 14.7 Å². The van der Waals surface area contributed by atoms with Crippen LogP contribution in [0.5, 0.6) is 5.75 Å². The molecular weight excluding hydrogens is 260 g/mol. The fourth-order valence-corrected chi connectivity index (χ4v) is 1.47. The highest BCUT2D eigenvalue weighted by Gasteiger charge is 2.19. The van der Waals surface area contributed by atoms with E-state index in [0.29, 0.717) is 11.3 Å². The second-order valence-electron chi connectivity index (χ2n) is 4.26. The Hall–Kier alpha value is -2.55. The molecule has 0 N–H and O–H groups in total. The molecule has 0 heterocycles. The van der Waals surface area contributed by atoms with Crippen LogP contribution in [0.25, 0.3) is 0 Å². The molecule has 1 amide bonds. The molecule has 6 heteroatoms. The van der Waals surface area contributed by atoms with E-state index in [1.54, 1.807) is 38.4 Å². The number of para-hydroxylation sites is 1. The summed E-state index contributed by atoms with van der Waals surface area (Å²) >= 11 is 0. The third kappa shape index (κ3) is 4.28. The van der Waals surface area contributed by atoms with Crippen LogP contribution < -0.4 is 4.74 Å². The Morgan fingerprint density at radius 2 is 2.00 bits per heavy atom. The molecule has 0 aliphatic heterocycles. The summed E-state index contributed by atoms with van der Waals surface area (Å²) in [5.74, 6) is -0.672. The van der Waals surface area contributed by atoms with Gasteiger partial charge < -0.3 is 14.4 Å². The molecule has 0 saturated carbocycles. The molecule has 1 rings (SSSR count). The van der Waals surface area contributed by atoms with Crippen LogP contribution in [0.15, 0.2) is 24.3 Å². The Morgan fingerprint density at radius 3 is 2.60 bits per heavy atom. The molecule has 0 spiro atoms. The predicted molar refractivity (Wildman–Crippen MR) is 70.9 cm³/mol. The van der Waals surface area contributed by atoms with E-state index in [2.05, 4.69) is 0 Å². The maximum absolute atomic E-state index is 11.6.